The van der Waals surface area contributed by atoms with E-state index in [1.807, 2.05) is 28.7 Å². The number of imidazole rings is 1. The first-order valence-electron chi connectivity index (χ1n) is 11.9. The number of benzene rings is 2. The number of non-ortho nitro benzene ring substituents is 1. The number of ether oxygens (including phenoxy) is 2. The Morgan fingerprint density at radius 3 is 2.70 bits per heavy atom. The molecule has 2 aromatic heterocycles. The second-order valence-corrected chi connectivity index (χ2v) is 11.3. The molecular formula is C26H18BrN5O7S. The van der Waals surface area contributed by atoms with E-state index in [0.29, 0.717) is 16.9 Å². The summed E-state index contributed by atoms with van der Waals surface area (Å²) in [6.07, 6.45) is 2.20. The topological polar surface area (TPSA) is 146 Å². The Balaban J connectivity index is 1.23. The van der Waals surface area contributed by atoms with Crippen molar-refractivity contribution in [2.75, 3.05) is 0 Å². The first kappa shape index (κ1) is 26.0. The summed E-state index contributed by atoms with van der Waals surface area (Å²) in [6, 6.07) is 13.1. The molecule has 40 heavy (non-hydrogen) atoms. The van der Waals surface area contributed by atoms with Crippen molar-refractivity contribution in [1.29, 1.82) is 0 Å². The van der Waals surface area contributed by atoms with Gasteiger partial charge in [-0.15, -0.1) is 11.8 Å². The predicted octanol–water partition coefficient (Wildman–Crippen LogP) is 4.03. The molecule has 3 atom stereocenters. The second-order valence-electron chi connectivity index (χ2n) is 9.06. The molecule has 14 heteroatoms. The molecule has 1 fully saturated rings. The fourth-order valence-electron chi connectivity index (χ4n) is 4.68. The van der Waals surface area contributed by atoms with Crippen molar-refractivity contribution in [2.45, 2.75) is 29.3 Å². The summed E-state index contributed by atoms with van der Waals surface area (Å²) in [5.74, 6) is -1.83. The highest BCUT2D eigenvalue weighted by Crippen LogP contribution is 2.58. The molecule has 0 radical (unpaired) electrons. The third-order valence-corrected chi connectivity index (χ3v) is 9.27. The molecular weight excluding hydrogens is 606 g/mol. The molecule has 2 aliphatic heterocycles. The van der Waals surface area contributed by atoms with Crippen LogP contribution in [0.5, 0.6) is 0 Å². The lowest BCUT2D eigenvalue weighted by Gasteiger charge is -2.51. The number of carbonyl (C=O) groups excluding carboxylic acids is 3. The number of rotatable bonds is 7. The number of aromatic nitrogens is 3. The van der Waals surface area contributed by atoms with Gasteiger partial charge in [0.2, 0.25) is 0 Å². The standard InChI is InChI=1S/C26H18BrN5O7S/c1-14(33)39-22(18-11-30-19-5-3-2-4-17(19)28-10-21(30)29-18)26(27)24(35)31-20(13-40-25(26)31)23(34)38-12-15-6-8-16(9-7-15)32(36)37/h2-11,13,22,25H,12H2,1H3/t22?,25-,26?/m1/s1. The lowest BCUT2D eigenvalue weighted by atomic mass is 9.89. The number of esters is 2. The van der Waals surface area contributed by atoms with Gasteiger partial charge in [0.1, 0.15) is 23.4 Å². The molecule has 0 aliphatic carbocycles. The number of thioether (sulfide) groups is 1. The monoisotopic (exact) mass is 623 g/mol. The van der Waals surface area contributed by atoms with Crippen molar-refractivity contribution in [3.63, 3.8) is 0 Å². The van der Waals surface area contributed by atoms with Crippen molar-refractivity contribution in [2.24, 2.45) is 0 Å². The van der Waals surface area contributed by atoms with Crippen molar-refractivity contribution in [1.82, 2.24) is 19.3 Å². The molecule has 4 heterocycles. The number of nitro groups is 1. The van der Waals surface area contributed by atoms with Gasteiger partial charge in [-0.3, -0.25) is 34.0 Å². The van der Waals surface area contributed by atoms with Gasteiger partial charge in [-0.2, -0.15) is 0 Å². The number of halogens is 1. The Bertz CT molecular complexity index is 1760. The minimum atomic E-state index is -1.40. The van der Waals surface area contributed by atoms with Crippen molar-refractivity contribution in [3.8, 4) is 0 Å². The number of amides is 1. The van der Waals surface area contributed by atoms with Crippen molar-refractivity contribution >= 4 is 67.9 Å². The van der Waals surface area contributed by atoms with E-state index in [0.717, 1.165) is 11.0 Å². The molecule has 2 aliphatic rings. The summed E-state index contributed by atoms with van der Waals surface area (Å²) in [5, 5.41) is 11.7. The zero-order valence-corrected chi connectivity index (χ0v) is 23.0. The minimum absolute atomic E-state index is 0.0451. The first-order chi connectivity index (χ1) is 19.2. The summed E-state index contributed by atoms with van der Waals surface area (Å²) in [4.78, 5) is 59.2. The number of fused-ring (bicyclic) bond motifs is 4. The molecule has 6 rings (SSSR count). The molecule has 202 valence electrons. The fraction of sp³-hybridized carbons (Fsp3) is 0.192. The van der Waals surface area contributed by atoms with E-state index < -0.39 is 38.6 Å². The molecule has 2 unspecified atom stereocenters. The number of carbonyl (C=O) groups is 3. The van der Waals surface area contributed by atoms with E-state index in [-0.39, 0.29) is 18.0 Å². The van der Waals surface area contributed by atoms with E-state index in [4.69, 9.17) is 9.47 Å². The van der Waals surface area contributed by atoms with Crippen LogP contribution in [-0.2, 0) is 30.5 Å². The fourth-order valence-corrected chi connectivity index (χ4v) is 6.95. The largest absolute Gasteiger partial charge is 0.456 e. The van der Waals surface area contributed by atoms with Crippen LogP contribution < -0.4 is 0 Å². The average molecular weight is 624 g/mol. The van der Waals surface area contributed by atoms with Crippen LogP contribution in [0, 0.1) is 10.1 Å². The minimum Gasteiger partial charge on any atom is -0.456 e. The van der Waals surface area contributed by atoms with Crippen LogP contribution in [0.3, 0.4) is 0 Å². The normalized spacial score (nSPS) is 20.6. The first-order valence-corrected chi connectivity index (χ1v) is 13.6. The average Bonchev–Trinajstić information content (AvgIpc) is 3.58. The molecule has 1 amide bonds. The number of β-lactam (4-membered cyclic amide) rings is 1. The third-order valence-electron chi connectivity index (χ3n) is 6.58. The van der Waals surface area contributed by atoms with Crippen LogP contribution >= 0.6 is 27.7 Å². The number of nitrogens with zero attached hydrogens (tertiary/aromatic N) is 5. The van der Waals surface area contributed by atoms with Gasteiger partial charge in [-0.25, -0.2) is 9.78 Å². The quantitative estimate of drug-likeness (QED) is 0.0971. The SMILES string of the molecule is CC(=O)OC(c1cn2c(cnc3ccccc32)n1)C1(Br)C(=O)N2C(C(=O)OCc3ccc([N+](=O)[O-])cc3)=CS[C@@H]21. The van der Waals surface area contributed by atoms with E-state index >= 15 is 0 Å². The highest BCUT2D eigenvalue weighted by molar-refractivity contribution is 9.10. The number of para-hydroxylation sites is 2. The maximum absolute atomic E-state index is 13.6. The van der Waals surface area contributed by atoms with Gasteiger partial charge in [0, 0.05) is 30.7 Å². The van der Waals surface area contributed by atoms with Gasteiger partial charge >= 0.3 is 11.9 Å². The van der Waals surface area contributed by atoms with Gasteiger partial charge in [0.25, 0.3) is 11.6 Å². The maximum atomic E-state index is 13.6. The highest BCUT2D eigenvalue weighted by atomic mass is 79.9. The summed E-state index contributed by atoms with van der Waals surface area (Å²) in [7, 11) is 0. The smallest absolute Gasteiger partial charge is 0.355 e. The Kier molecular flexibility index (Phi) is 6.30. The Hall–Kier alpha value is -4.30. The van der Waals surface area contributed by atoms with Gasteiger partial charge in [0.05, 0.1) is 22.2 Å². The van der Waals surface area contributed by atoms with Gasteiger partial charge in [-0.05, 0) is 29.8 Å². The van der Waals surface area contributed by atoms with Crippen LogP contribution in [-0.4, -0.2) is 51.7 Å². The lowest BCUT2D eigenvalue weighted by Crippen LogP contribution is -2.70. The van der Waals surface area contributed by atoms with Crippen LogP contribution in [0.2, 0.25) is 0 Å². The van der Waals surface area contributed by atoms with Crippen LogP contribution in [0.4, 0.5) is 5.69 Å². The second kappa shape index (κ2) is 9.71. The van der Waals surface area contributed by atoms with Crippen LogP contribution in [0.1, 0.15) is 24.3 Å². The van der Waals surface area contributed by atoms with Crippen LogP contribution in [0.25, 0.3) is 16.7 Å². The van der Waals surface area contributed by atoms with Crippen molar-refractivity contribution < 1.29 is 28.8 Å². The Labute approximate surface area is 238 Å². The summed E-state index contributed by atoms with van der Waals surface area (Å²) >= 11 is 4.76. The van der Waals surface area contributed by atoms with Gasteiger partial charge in [-0.1, -0.05) is 28.1 Å². The molecule has 1 saturated heterocycles. The number of alkyl halides is 1. The molecule has 0 bridgehead atoms. The summed E-state index contributed by atoms with van der Waals surface area (Å²) < 4.78 is 11.4. The molecule has 4 aromatic rings. The van der Waals surface area contributed by atoms with Gasteiger partial charge in [0.15, 0.2) is 16.1 Å². The Morgan fingerprint density at radius 2 is 1.98 bits per heavy atom. The van der Waals surface area contributed by atoms with E-state index in [2.05, 4.69) is 25.9 Å². The van der Waals surface area contributed by atoms with Crippen molar-refractivity contribution in [3.05, 3.63) is 93.4 Å². The molecule has 0 N–H and O–H groups in total. The molecule has 12 nitrogen and oxygen atoms in total. The third kappa shape index (κ3) is 4.10. The maximum Gasteiger partial charge on any atom is 0.355 e. The Morgan fingerprint density at radius 1 is 1.23 bits per heavy atom. The number of nitro benzene ring substituents is 1. The lowest BCUT2D eigenvalue weighted by molar-refractivity contribution is -0.384. The molecule has 0 saturated carbocycles. The van der Waals surface area contributed by atoms with E-state index in [1.165, 1.54) is 53.3 Å². The molecule has 0 spiro atoms. The van der Waals surface area contributed by atoms with Crippen LogP contribution in [0.15, 0.2) is 72.0 Å². The summed E-state index contributed by atoms with van der Waals surface area (Å²) in [6.45, 7) is 1.11. The van der Waals surface area contributed by atoms with E-state index in [1.54, 1.807) is 12.4 Å². The predicted molar refractivity (Wildman–Crippen MR) is 146 cm³/mol. The zero-order chi connectivity index (χ0) is 28.2. The van der Waals surface area contributed by atoms with E-state index in [9.17, 15) is 24.5 Å². The number of hydrogen-bond acceptors (Lipinski definition) is 10. The summed E-state index contributed by atoms with van der Waals surface area (Å²) in [5.41, 5.74) is 2.91. The zero-order valence-electron chi connectivity index (χ0n) is 20.6. The highest BCUT2D eigenvalue weighted by Gasteiger charge is 2.69. The molecule has 2 aromatic carbocycles. The van der Waals surface area contributed by atoms with Gasteiger partial charge < -0.3 is 9.47 Å². The number of hydrogen-bond donors (Lipinski definition) is 0.